The van der Waals surface area contributed by atoms with E-state index in [2.05, 4.69) is 60.6 Å². The van der Waals surface area contributed by atoms with Crippen LogP contribution in [0.4, 0.5) is 5.69 Å². The number of rotatable bonds is 7. The normalized spacial score (nSPS) is 18.4. The van der Waals surface area contributed by atoms with E-state index in [9.17, 15) is 0 Å². The van der Waals surface area contributed by atoms with Crippen LogP contribution in [0.15, 0.2) is 24.3 Å². The monoisotopic (exact) mass is 319 g/mol. The molecule has 0 atom stereocenters. The first kappa shape index (κ1) is 18.1. The maximum Gasteiger partial charge on any atom is 0.120 e. The Kier molecular flexibility index (Phi) is 6.31. The van der Waals surface area contributed by atoms with E-state index >= 15 is 0 Å². The minimum atomic E-state index is 0.133. The number of hydrogen-bond acceptors (Lipinski definition) is 4. The first-order valence-electron chi connectivity index (χ1n) is 8.86. The van der Waals surface area contributed by atoms with Gasteiger partial charge in [-0.15, -0.1) is 0 Å². The van der Waals surface area contributed by atoms with Crippen LogP contribution in [0.5, 0.6) is 5.75 Å². The molecule has 1 aromatic carbocycles. The number of nitrogens with zero attached hydrogens (tertiary/aromatic N) is 3. The van der Waals surface area contributed by atoms with Crippen molar-refractivity contribution in [2.24, 2.45) is 0 Å². The largest absolute Gasteiger partial charge is 0.497 e. The van der Waals surface area contributed by atoms with Crippen LogP contribution in [-0.4, -0.2) is 68.3 Å². The van der Waals surface area contributed by atoms with Crippen molar-refractivity contribution in [3.63, 3.8) is 0 Å². The lowest BCUT2D eigenvalue weighted by Crippen LogP contribution is -2.60. The molecule has 0 aromatic heterocycles. The van der Waals surface area contributed by atoms with Gasteiger partial charge >= 0.3 is 0 Å². The summed E-state index contributed by atoms with van der Waals surface area (Å²) in [5, 5.41) is 0. The van der Waals surface area contributed by atoms with Gasteiger partial charge in [0.05, 0.1) is 7.11 Å². The first-order chi connectivity index (χ1) is 11.0. The Balaban J connectivity index is 1.99. The van der Waals surface area contributed by atoms with Crippen LogP contribution in [0.25, 0.3) is 0 Å². The van der Waals surface area contributed by atoms with Gasteiger partial charge in [0.2, 0.25) is 0 Å². The van der Waals surface area contributed by atoms with Crippen LogP contribution in [0.2, 0.25) is 0 Å². The summed E-state index contributed by atoms with van der Waals surface area (Å²) in [7, 11) is 1.73. The van der Waals surface area contributed by atoms with E-state index in [-0.39, 0.29) is 5.54 Å². The summed E-state index contributed by atoms with van der Waals surface area (Å²) in [6, 6.07) is 8.43. The van der Waals surface area contributed by atoms with Crippen molar-refractivity contribution in [3.8, 4) is 5.75 Å². The molecule has 1 fully saturated rings. The predicted octanol–water partition coefficient (Wildman–Crippen LogP) is 2.94. The maximum absolute atomic E-state index is 5.38. The molecule has 0 spiro atoms. The summed E-state index contributed by atoms with van der Waals surface area (Å²) in [5.74, 6) is 0.933. The number of benzene rings is 1. The third kappa shape index (κ3) is 4.61. The number of ether oxygens (including phenoxy) is 1. The van der Waals surface area contributed by atoms with Crippen LogP contribution in [0, 0.1) is 0 Å². The van der Waals surface area contributed by atoms with Gasteiger partial charge in [-0.05, 0) is 39.1 Å². The fourth-order valence-corrected chi connectivity index (χ4v) is 3.53. The van der Waals surface area contributed by atoms with E-state index in [1.165, 1.54) is 12.2 Å². The van der Waals surface area contributed by atoms with Gasteiger partial charge in [-0.25, -0.2) is 0 Å². The molecule has 0 bridgehead atoms. The molecule has 130 valence electrons. The Labute approximate surface area is 142 Å². The third-order valence-electron chi connectivity index (χ3n) is 4.97. The van der Waals surface area contributed by atoms with E-state index in [4.69, 9.17) is 4.74 Å². The molecular weight excluding hydrogens is 286 g/mol. The predicted molar refractivity (Wildman–Crippen MR) is 98.6 cm³/mol. The van der Waals surface area contributed by atoms with Gasteiger partial charge in [0.25, 0.3) is 0 Å². The number of piperazine rings is 1. The highest BCUT2D eigenvalue weighted by atomic mass is 16.5. The highest BCUT2D eigenvalue weighted by molar-refractivity contribution is 5.53. The lowest BCUT2D eigenvalue weighted by atomic mass is 9.97. The summed E-state index contributed by atoms with van der Waals surface area (Å²) in [5.41, 5.74) is 1.39. The number of likely N-dealkylation sites (N-methyl/N-ethyl adjacent to an activating group) is 1. The number of methoxy groups -OCH3 is 1. The fraction of sp³-hybridized carbons (Fsp3) is 0.684. The molecule has 1 aliphatic rings. The lowest BCUT2D eigenvalue weighted by Gasteiger charge is -2.49. The molecule has 0 aliphatic carbocycles. The Morgan fingerprint density at radius 2 is 1.91 bits per heavy atom. The smallest absolute Gasteiger partial charge is 0.120 e. The minimum Gasteiger partial charge on any atom is -0.497 e. The average Bonchev–Trinajstić information content (AvgIpc) is 2.55. The van der Waals surface area contributed by atoms with Crippen molar-refractivity contribution in [1.82, 2.24) is 9.80 Å². The van der Waals surface area contributed by atoms with Gasteiger partial charge in [0.1, 0.15) is 5.75 Å². The molecular formula is C19H33N3O. The van der Waals surface area contributed by atoms with E-state index < -0.39 is 0 Å². The SMILES string of the molecule is CCN(CC)CCN1CCN(c2cccc(OC)c2)C(C)(C)C1. The van der Waals surface area contributed by atoms with Crippen molar-refractivity contribution in [1.29, 1.82) is 0 Å². The Morgan fingerprint density at radius 3 is 2.52 bits per heavy atom. The molecule has 0 radical (unpaired) electrons. The zero-order chi connectivity index (χ0) is 16.9. The topological polar surface area (TPSA) is 19.0 Å². The van der Waals surface area contributed by atoms with E-state index in [0.29, 0.717) is 0 Å². The van der Waals surface area contributed by atoms with Gasteiger partial charge in [0, 0.05) is 50.0 Å². The van der Waals surface area contributed by atoms with E-state index in [1.807, 2.05) is 6.07 Å². The zero-order valence-electron chi connectivity index (χ0n) is 15.5. The second-order valence-corrected chi connectivity index (χ2v) is 6.97. The van der Waals surface area contributed by atoms with Crippen molar-refractivity contribution in [2.75, 3.05) is 57.8 Å². The van der Waals surface area contributed by atoms with Gasteiger partial charge in [-0.3, -0.25) is 4.90 Å². The van der Waals surface area contributed by atoms with E-state index in [0.717, 1.165) is 45.0 Å². The molecule has 1 saturated heterocycles. The lowest BCUT2D eigenvalue weighted by molar-refractivity contribution is 0.158. The summed E-state index contributed by atoms with van der Waals surface area (Å²) in [6.45, 7) is 17.1. The molecule has 23 heavy (non-hydrogen) atoms. The Morgan fingerprint density at radius 1 is 1.17 bits per heavy atom. The standard InChI is InChI=1S/C19H33N3O/c1-6-20(7-2)11-12-21-13-14-22(19(3,4)16-21)17-9-8-10-18(15-17)23-5/h8-10,15H,6-7,11-14,16H2,1-5H3. The second kappa shape index (κ2) is 8.02. The van der Waals surface area contributed by atoms with Crippen LogP contribution >= 0.6 is 0 Å². The maximum atomic E-state index is 5.38. The van der Waals surface area contributed by atoms with Gasteiger partial charge in [-0.2, -0.15) is 0 Å². The highest BCUT2D eigenvalue weighted by Gasteiger charge is 2.33. The second-order valence-electron chi connectivity index (χ2n) is 6.97. The molecule has 4 heteroatoms. The zero-order valence-corrected chi connectivity index (χ0v) is 15.5. The molecule has 1 aromatic rings. The Bertz CT molecular complexity index is 485. The van der Waals surface area contributed by atoms with Crippen LogP contribution in [0.1, 0.15) is 27.7 Å². The van der Waals surface area contributed by atoms with Gasteiger partial charge < -0.3 is 14.5 Å². The van der Waals surface area contributed by atoms with Crippen molar-refractivity contribution < 1.29 is 4.74 Å². The third-order valence-corrected chi connectivity index (χ3v) is 4.97. The highest BCUT2D eigenvalue weighted by Crippen LogP contribution is 2.30. The molecule has 0 saturated carbocycles. The van der Waals surface area contributed by atoms with Gasteiger partial charge in [0.15, 0.2) is 0 Å². The van der Waals surface area contributed by atoms with Gasteiger partial charge in [-0.1, -0.05) is 19.9 Å². The quantitative estimate of drug-likeness (QED) is 0.769. The van der Waals surface area contributed by atoms with Crippen molar-refractivity contribution in [2.45, 2.75) is 33.2 Å². The van der Waals surface area contributed by atoms with E-state index in [1.54, 1.807) is 7.11 Å². The summed E-state index contributed by atoms with van der Waals surface area (Å²) >= 11 is 0. The van der Waals surface area contributed by atoms with Crippen LogP contribution in [0.3, 0.4) is 0 Å². The molecule has 4 nitrogen and oxygen atoms in total. The average molecular weight is 319 g/mol. The summed E-state index contributed by atoms with van der Waals surface area (Å²) < 4.78 is 5.38. The number of anilines is 1. The van der Waals surface area contributed by atoms with Crippen molar-refractivity contribution >= 4 is 5.69 Å². The molecule has 2 rings (SSSR count). The summed E-state index contributed by atoms with van der Waals surface area (Å²) in [6.07, 6.45) is 0. The molecule has 0 unspecified atom stereocenters. The molecule has 0 amide bonds. The minimum absolute atomic E-state index is 0.133. The van der Waals surface area contributed by atoms with Crippen molar-refractivity contribution in [3.05, 3.63) is 24.3 Å². The first-order valence-corrected chi connectivity index (χ1v) is 8.86. The number of hydrogen-bond donors (Lipinski definition) is 0. The molecule has 0 N–H and O–H groups in total. The molecule has 1 aliphatic heterocycles. The fourth-order valence-electron chi connectivity index (χ4n) is 3.53. The van der Waals surface area contributed by atoms with Crippen LogP contribution in [-0.2, 0) is 0 Å². The Hall–Kier alpha value is -1.26. The summed E-state index contributed by atoms with van der Waals surface area (Å²) in [4.78, 5) is 7.62. The molecule has 1 heterocycles. The van der Waals surface area contributed by atoms with Crippen LogP contribution < -0.4 is 9.64 Å².